The quantitative estimate of drug-likeness (QED) is 0.483. The molecule has 2 aliphatic rings. The lowest BCUT2D eigenvalue weighted by Gasteiger charge is -2.29. The SMILES string of the molecule is Cn1ncc(-c2ccc3c(c2)CN(C2CCC(=O)NC2=O)C3=O)c1-c1ccc2ccn(C)c2c1. The third-order valence-corrected chi connectivity index (χ3v) is 6.93. The molecule has 3 amide bonds. The molecule has 1 atom stereocenters. The van der Waals surface area contributed by atoms with Crippen LogP contribution < -0.4 is 5.32 Å². The Balaban J connectivity index is 1.37. The van der Waals surface area contributed by atoms with E-state index in [1.807, 2.05) is 49.4 Å². The summed E-state index contributed by atoms with van der Waals surface area (Å²) in [7, 11) is 3.96. The van der Waals surface area contributed by atoms with Gasteiger partial charge < -0.3 is 9.47 Å². The van der Waals surface area contributed by atoms with Crippen LogP contribution in [0.1, 0.15) is 28.8 Å². The van der Waals surface area contributed by atoms with E-state index in [1.54, 1.807) is 4.90 Å². The first-order valence-electron chi connectivity index (χ1n) is 11.3. The summed E-state index contributed by atoms with van der Waals surface area (Å²) in [4.78, 5) is 38.5. The highest BCUT2D eigenvalue weighted by Gasteiger charge is 2.39. The number of hydrogen-bond acceptors (Lipinski definition) is 4. The van der Waals surface area contributed by atoms with Crippen molar-refractivity contribution in [2.75, 3.05) is 0 Å². The molecule has 1 saturated heterocycles. The zero-order valence-electron chi connectivity index (χ0n) is 18.9. The van der Waals surface area contributed by atoms with Crippen molar-refractivity contribution in [2.24, 2.45) is 14.1 Å². The van der Waals surface area contributed by atoms with E-state index >= 15 is 0 Å². The summed E-state index contributed by atoms with van der Waals surface area (Å²) in [6.45, 7) is 0.346. The van der Waals surface area contributed by atoms with Gasteiger partial charge in [-0.2, -0.15) is 5.10 Å². The Bertz CT molecular complexity index is 1510. The average molecular weight is 454 g/mol. The Morgan fingerprint density at radius 1 is 0.971 bits per heavy atom. The number of aryl methyl sites for hydroxylation is 2. The van der Waals surface area contributed by atoms with Gasteiger partial charge in [-0.3, -0.25) is 24.4 Å². The Hall–Kier alpha value is -4.20. The first kappa shape index (κ1) is 20.4. The minimum Gasteiger partial charge on any atom is -0.351 e. The molecule has 0 bridgehead atoms. The third-order valence-electron chi connectivity index (χ3n) is 6.93. The first-order valence-corrected chi connectivity index (χ1v) is 11.3. The Kier molecular flexibility index (Phi) is 4.45. The zero-order valence-corrected chi connectivity index (χ0v) is 18.9. The number of piperidine rings is 1. The lowest BCUT2D eigenvalue weighted by Crippen LogP contribution is -2.52. The summed E-state index contributed by atoms with van der Waals surface area (Å²) in [6.07, 6.45) is 4.49. The van der Waals surface area contributed by atoms with Gasteiger partial charge in [0.15, 0.2) is 0 Å². The number of nitrogens with one attached hydrogen (secondary N) is 1. The molecule has 170 valence electrons. The number of aromatic nitrogens is 3. The molecular weight excluding hydrogens is 430 g/mol. The van der Waals surface area contributed by atoms with Crippen molar-refractivity contribution >= 4 is 28.6 Å². The fraction of sp³-hybridized carbons (Fsp3) is 0.231. The molecule has 8 nitrogen and oxygen atoms in total. The van der Waals surface area contributed by atoms with Gasteiger partial charge in [-0.05, 0) is 47.2 Å². The Morgan fingerprint density at radius 2 is 1.79 bits per heavy atom. The van der Waals surface area contributed by atoms with Gasteiger partial charge in [-0.15, -0.1) is 0 Å². The number of imide groups is 1. The van der Waals surface area contributed by atoms with Gasteiger partial charge >= 0.3 is 0 Å². The van der Waals surface area contributed by atoms with E-state index in [0.29, 0.717) is 18.5 Å². The van der Waals surface area contributed by atoms with Crippen molar-refractivity contribution in [3.8, 4) is 22.4 Å². The second-order valence-corrected chi connectivity index (χ2v) is 9.00. The Morgan fingerprint density at radius 3 is 2.62 bits per heavy atom. The van der Waals surface area contributed by atoms with Gasteiger partial charge in [0.25, 0.3) is 5.91 Å². The van der Waals surface area contributed by atoms with Gasteiger partial charge in [0, 0.05) is 55.5 Å². The molecule has 2 aromatic carbocycles. The van der Waals surface area contributed by atoms with Crippen LogP contribution in [0.4, 0.5) is 0 Å². The molecule has 4 aromatic rings. The lowest BCUT2D eigenvalue weighted by atomic mass is 9.98. The van der Waals surface area contributed by atoms with Gasteiger partial charge in [-0.25, -0.2) is 0 Å². The van der Waals surface area contributed by atoms with Crippen LogP contribution in [0.2, 0.25) is 0 Å². The van der Waals surface area contributed by atoms with Crippen molar-refractivity contribution in [3.63, 3.8) is 0 Å². The molecule has 8 heteroatoms. The van der Waals surface area contributed by atoms with Crippen molar-refractivity contribution < 1.29 is 14.4 Å². The zero-order chi connectivity index (χ0) is 23.6. The van der Waals surface area contributed by atoms with Gasteiger partial charge in [0.1, 0.15) is 6.04 Å². The highest BCUT2D eigenvalue weighted by Crippen LogP contribution is 2.36. The fourth-order valence-electron chi connectivity index (χ4n) is 5.14. The number of nitrogens with zero attached hydrogens (tertiary/aromatic N) is 4. The third kappa shape index (κ3) is 3.06. The minimum absolute atomic E-state index is 0.170. The Labute approximate surface area is 195 Å². The molecule has 0 radical (unpaired) electrons. The second-order valence-electron chi connectivity index (χ2n) is 9.00. The minimum atomic E-state index is -0.619. The fourth-order valence-corrected chi connectivity index (χ4v) is 5.14. The van der Waals surface area contributed by atoms with Crippen molar-refractivity contribution in [2.45, 2.75) is 25.4 Å². The van der Waals surface area contributed by atoms with Crippen LogP contribution in [-0.2, 0) is 30.2 Å². The van der Waals surface area contributed by atoms with Crippen LogP contribution in [0.3, 0.4) is 0 Å². The van der Waals surface area contributed by atoms with Gasteiger partial charge in [0.2, 0.25) is 11.8 Å². The molecule has 2 aromatic heterocycles. The molecule has 0 spiro atoms. The molecular formula is C26H23N5O3. The number of carbonyl (C=O) groups is 3. The molecule has 0 aliphatic carbocycles. The topological polar surface area (TPSA) is 89.2 Å². The van der Waals surface area contributed by atoms with Crippen molar-refractivity contribution in [1.29, 1.82) is 0 Å². The number of benzene rings is 2. The maximum Gasteiger partial charge on any atom is 0.255 e. The van der Waals surface area contributed by atoms with Crippen LogP contribution in [0.5, 0.6) is 0 Å². The van der Waals surface area contributed by atoms with Crippen LogP contribution in [0.15, 0.2) is 54.9 Å². The predicted molar refractivity (Wildman–Crippen MR) is 127 cm³/mol. The van der Waals surface area contributed by atoms with Crippen LogP contribution >= 0.6 is 0 Å². The molecule has 1 N–H and O–H groups in total. The first-order chi connectivity index (χ1) is 16.4. The number of amides is 3. The summed E-state index contributed by atoms with van der Waals surface area (Å²) < 4.78 is 3.97. The number of rotatable bonds is 3. The average Bonchev–Trinajstić information content (AvgIpc) is 3.49. The number of hydrogen-bond donors (Lipinski definition) is 1. The van der Waals surface area contributed by atoms with Gasteiger partial charge in [0.05, 0.1) is 11.9 Å². The molecule has 2 aliphatic heterocycles. The van der Waals surface area contributed by atoms with E-state index in [2.05, 4.69) is 39.2 Å². The van der Waals surface area contributed by atoms with Crippen LogP contribution in [0.25, 0.3) is 33.3 Å². The van der Waals surface area contributed by atoms with Crippen molar-refractivity contribution in [3.05, 3.63) is 66.0 Å². The number of fused-ring (bicyclic) bond motifs is 2. The summed E-state index contributed by atoms with van der Waals surface area (Å²) >= 11 is 0. The van der Waals surface area contributed by atoms with E-state index in [-0.39, 0.29) is 18.2 Å². The number of carbonyl (C=O) groups excluding carboxylic acids is 3. The predicted octanol–water partition coefficient (Wildman–Crippen LogP) is 3.01. The standard InChI is InChI=1S/C26H23N5O3/c1-29-10-9-15-3-4-17(12-22(15)29)24-20(13-27-30(24)2)16-5-6-19-18(11-16)14-31(26(19)34)21-7-8-23(32)28-25(21)33/h3-6,9-13,21H,7-8,14H2,1-2H3,(H,28,32,33). The summed E-state index contributed by atoms with van der Waals surface area (Å²) in [5.74, 6) is -0.856. The summed E-state index contributed by atoms with van der Waals surface area (Å²) in [5, 5.41) is 8.05. The maximum absolute atomic E-state index is 13.0. The van der Waals surface area contributed by atoms with E-state index in [9.17, 15) is 14.4 Å². The van der Waals surface area contributed by atoms with E-state index in [1.165, 1.54) is 5.39 Å². The highest BCUT2D eigenvalue weighted by molar-refractivity contribution is 6.05. The van der Waals surface area contributed by atoms with E-state index in [4.69, 9.17) is 0 Å². The summed E-state index contributed by atoms with van der Waals surface area (Å²) in [6, 6.07) is 13.6. The van der Waals surface area contributed by atoms with Gasteiger partial charge in [-0.1, -0.05) is 18.2 Å². The largest absolute Gasteiger partial charge is 0.351 e. The molecule has 1 unspecified atom stereocenters. The second kappa shape index (κ2) is 7.41. The molecule has 6 rings (SSSR count). The smallest absolute Gasteiger partial charge is 0.255 e. The molecule has 4 heterocycles. The van der Waals surface area contributed by atoms with Crippen LogP contribution in [0, 0.1) is 0 Å². The highest BCUT2D eigenvalue weighted by atomic mass is 16.2. The normalized spacial score (nSPS) is 18.0. The molecule has 34 heavy (non-hydrogen) atoms. The maximum atomic E-state index is 13.0. The van der Waals surface area contributed by atoms with Crippen LogP contribution in [-0.4, -0.2) is 43.0 Å². The monoisotopic (exact) mass is 453 g/mol. The summed E-state index contributed by atoms with van der Waals surface area (Å²) in [5.41, 5.74) is 6.62. The lowest BCUT2D eigenvalue weighted by molar-refractivity contribution is -0.136. The van der Waals surface area contributed by atoms with Crippen molar-refractivity contribution in [1.82, 2.24) is 24.6 Å². The van der Waals surface area contributed by atoms with E-state index in [0.717, 1.165) is 33.5 Å². The molecule has 0 saturated carbocycles. The van der Waals surface area contributed by atoms with E-state index < -0.39 is 11.9 Å². The molecule has 1 fully saturated rings.